The van der Waals surface area contributed by atoms with Crippen LogP contribution in [0.5, 0.6) is 0 Å². The summed E-state index contributed by atoms with van der Waals surface area (Å²) in [5.41, 5.74) is 2.21. The highest BCUT2D eigenvalue weighted by Gasteiger charge is 2.10. The van der Waals surface area contributed by atoms with Crippen LogP contribution in [0.1, 0.15) is 0 Å². The number of aromatic nitrogens is 2. The number of hydrogen-bond acceptors (Lipinski definition) is 10. The van der Waals surface area contributed by atoms with Gasteiger partial charge in [0.05, 0.1) is 23.8 Å². The van der Waals surface area contributed by atoms with Crippen LogP contribution in [-0.4, -0.2) is 51.6 Å². The summed E-state index contributed by atoms with van der Waals surface area (Å²) in [4.78, 5) is 12.1. The van der Waals surface area contributed by atoms with Gasteiger partial charge in [0.1, 0.15) is 5.01 Å². The van der Waals surface area contributed by atoms with Crippen LogP contribution in [0.4, 0.5) is 22.2 Å². The quantitative estimate of drug-likeness (QED) is 0.311. The van der Waals surface area contributed by atoms with Gasteiger partial charge in [-0.3, -0.25) is 10.1 Å². The van der Waals surface area contributed by atoms with Gasteiger partial charge in [-0.15, -0.1) is 20.4 Å². The fourth-order valence-electron chi connectivity index (χ4n) is 2.54. The Hall–Kier alpha value is -3.28. The number of anilines is 1. The van der Waals surface area contributed by atoms with Crippen molar-refractivity contribution in [1.29, 1.82) is 0 Å². The van der Waals surface area contributed by atoms with Crippen LogP contribution in [0.2, 0.25) is 0 Å². The predicted molar refractivity (Wildman–Crippen MR) is 109 cm³/mol. The number of aliphatic hydroxyl groups excluding tert-OH is 2. The van der Waals surface area contributed by atoms with E-state index in [4.69, 9.17) is 10.2 Å². The lowest BCUT2D eigenvalue weighted by molar-refractivity contribution is -0.384. The summed E-state index contributed by atoms with van der Waals surface area (Å²) in [5, 5.41) is 46.1. The van der Waals surface area contributed by atoms with Crippen molar-refractivity contribution in [1.82, 2.24) is 10.2 Å². The Balaban J connectivity index is 1.68. The van der Waals surface area contributed by atoms with Gasteiger partial charge in [-0.25, -0.2) is 0 Å². The maximum Gasteiger partial charge on any atom is 0.269 e. The molecule has 3 rings (SSSR count). The van der Waals surface area contributed by atoms with Crippen LogP contribution in [0.3, 0.4) is 0 Å². The van der Waals surface area contributed by atoms with Crippen molar-refractivity contribution < 1.29 is 15.1 Å². The summed E-state index contributed by atoms with van der Waals surface area (Å²) < 4.78 is 0. The van der Waals surface area contributed by atoms with Gasteiger partial charge >= 0.3 is 0 Å². The number of benzene rings is 2. The van der Waals surface area contributed by atoms with Crippen molar-refractivity contribution in [3.8, 4) is 10.6 Å². The number of rotatable bonds is 9. The van der Waals surface area contributed by atoms with E-state index in [0.29, 0.717) is 34.5 Å². The summed E-state index contributed by atoms with van der Waals surface area (Å²) in [5.74, 6) is 0. The summed E-state index contributed by atoms with van der Waals surface area (Å²) >= 11 is 1.22. The first kappa shape index (κ1) is 20.5. The molecule has 0 atom stereocenters. The molecule has 3 aromatic rings. The number of nitro groups is 1. The predicted octanol–water partition coefficient (Wildman–Crippen LogP) is 3.32. The molecule has 11 heteroatoms. The van der Waals surface area contributed by atoms with E-state index in [-0.39, 0.29) is 18.9 Å². The number of nitrogens with zero attached hydrogens (tertiary/aromatic N) is 6. The van der Waals surface area contributed by atoms with E-state index in [1.807, 2.05) is 17.0 Å². The number of non-ortho nitro benzene ring substituents is 1. The monoisotopic (exact) mass is 414 g/mol. The molecular formula is C18H18N6O4S. The van der Waals surface area contributed by atoms with Crippen molar-refractivity contribution in [2.75, 3.05) is 31.2 Å². The first-order chi connectivity index (χ1) is 14.1. The molecule has 0 saturated heterocycles. The zero-order valence-electron chi connectivity index (χ0n) is 15.2. The standard InChI is InChI=1S/C18H18N6O4S/c25-11-9-23(10-12-26)15-7-3-14(4-8-15)19-21-18-22-20-17(29-18)13-1-5-16(6-2-13)24(27)28/h1-8,25-26H,9-12H2. The minimum absolute atomic E-state index is 0.00436. The molecule has 2 N–H and O–H groups in total. The minimum Gasteiger partial charge on any atom is -0.395 e. The summed E-state index contributed by atoms with van der Waals surface area (Å²) in [7, 11) is 0. The molecule has 0 saturated carbocycles. The fraction of sp³-hybridized carbons (Fsp3) is 0.222. The molecule has 10 nitrogen and oxygen atoms in total. The molecule has 0 aliphatic heterocycles. The van der Waals surface area contributed by atoms with Crippen LogP contribution in [0, 0.1) is 10.1 Å². The van der Waals surface area contributed by atoms with Crippen LogP contribution < -0.4 is 4.90 Å². The van der Waals surface area contributed by atoms with Gasteiger partial charge in [-0.2, -0.15) is 0 Å². The molecule has 0 spiro atoms. The Kier molecular flexibility index (Phi) is 6.89. The van der Waals surface area contributed by atoms with E-state index >= 15 is 0 Å². The smallest absolute Gasteiger partial charge is 0.269 e. The van der Waals surface area contributed by atoms with E-state index in [0.717, 1.165) is 5.69 Å². The summed E-state index contributed by atoms with van der Waals surface area (Å²) in [6.45, 7) is 0.848. The van der Waals surface area contributed by atoms with Gasteiger partial charge in [0, 0.05) is 36.5 Å². The van der Waals surface area contributed by atoms with E-state index in [9.17, 15) is 10.1 Å². The van der Waals surface area contributed by atoms with E-state index in [1.54, 1.807) is 24.3 Å². The van der Waals surface area contributed by atoms with E-state index in [2.05, 4.69) is 20.4 Å². The Morgan fingerprint density at radius 1 is 0.966 bits per heavy atom. The second kappa shape index (κ2) is 9.78. The molecular weight excluding hydrogens is 396 g/mol. The minimum atomic E-state index is -0.457. The highest BCUT2D eigenvalue weighted by molar-refractivity contribution is 7.18. The van der Waals surface area contributed by atoms with Gasteiger partial charge in [0.25, 0.3) is 10.8 Å². The van der Waals surface area contributed by atoms with Crippen molar-refractivity contribution >= 4 is 33.5 Å². The molecule has 0 fully saturated rings. The molecule has 0 bridgehead atoms. The normalized spacial score (nSPS) is 11.1. The summed E-state index contributed by atoms with van der Waals surface area (Å²) in [6, 6.07) is 13.3. The Morgan fingerprint density at radius 3 is 2.21 bits per heavy atom. The maximum atomic E-state index is 10.7. The molecule has 0 aliphatic carbocycles. The average molecular weight is 414 g/mol. The first-order valence-corrected chi connectivity index (χ1v) is 9.49. The van der Waals surface area contributed by atoms with Gasteiger partial charge in [-0.1, -0.05) is 11.3 Å². The fourth-order valence-corrected chi connectivity index (χ4v) is 3.21. The molecule has 29 heavy (non-hydrogen) atoms. The first-order valence-electron chi connectivity index (χ1n) is 8.67. The molecule has 0 radical (unpaired) electrons. The molecule has 0 amide bonds. The lowest BCUT2D eigenvalue weighted by atomic mass is 10.2. The van der Waals surface area contributed by atoms with Gasteiger partial charge in [-0.05, 0) is 36.4 Å². The Labute approximate surface area is 170 Å². The molecule has 2 aromatic carbocycles. The topological polar surface area (TPSA) is 137 Å². The number of aliphatic hydroxyl groups is 2. The van der Waals surface area contributed by atoms with Crippen molar-refractivity contribution in [2.45, 2.75) is 0 Å². The lowest BCUT2D eigenvalue weighted by Crippen LogP contribution is -2.29. The second-order valence-corrected chi connectivity index (χ2v) is 6.80. The lowest BCUT2D eigenvalue weighted by Gasteiger charge is -2.22. The third kappa shape index (κ3) is 5.38. The van der Waals surface area contributed by atoms with Crippen LogP contribution in [0.15, 0.2) is 58.8 Å². The van der Waals surface area contributed by atoms with E-state index < -0.39 is 4.92 Å². The van der Waals surface area contributed by atoms with Gasteiger partial charge < -0.3 is 15.1 Å². The summed E-state index contributed by atoms with van der Waals surface area (Å²) in [6.07, 6.45) is 0. The van der Waals surface area contributed by atoms with Crippen molar-refractivity contribution in [3.05, 3.63) is 58.6 Å². The molecule has 0 unspecified atom stereocenters. The largest absolute Gasteiger partial charge is 0.395 e. The Bertz CT molecular complexity index is 969. The second-order valence-electron chi connectivity index (χ2n) is 5.84. The molecule has 150 valence electrons. The number of nitro benzene ring substituents is 1. The SMILES string of the molecule is O=[N+]([O-])c1ccc(-c2nnc(N=Nc3ccc(N(CCO)CCO)cc3)s2)cc1. The third-order valence-electron chi connectivity index (χ3n) is 3.95. The van der Waals surface area contributed by atoms with Crippen LogP contribution in [-0.2, 0) is 0 Å². The maximum absolute atomic E-state index is 10.7. The molecule has 1 heterocycles. The third-order valence-corrected chi connectivity index (χ3v) is 4.80. The van der Waals surface area contributed by atoms with Crippen molar-refractivity contribution in [2.24, 2.45) is 10.2 Å². The van der Waals surface area contributed by atoms with Gasteiger partial charge in [0.2, 0.25) is 0 Å². The van der Waals surface area contributed by atoms with Crippen LogP contribution in [0.25, 0.3) is 10.6 Å². The molecule has 0 aliphatic rings. The number of azo groups is 1. The Morgan fingerprint density at radius 2 is 1.62 bits per heavy atom. The highest BCUT2D eigenvalue weighted by Crippen LogP contribution is 2.30. The van der Waals surface area contributed by atoms with Crippen LogP contribution >= 0.6 is 11.3 Å². The van der Waals surface area contributed by atoms with E-state index in [1.165, 1.54) is 23.5 Å². The van der Waals surface area contributed by atoms with Crippen molar-refractivity contribution in [3.63, 3.8) is 0 Å². The number of hydrogen-bond donors (Lipinski definition) is 2. The highest BCUT2D eigenvalue weighted by atomic mass is 32.1. The zero-order valence-corrected chi connectivity index (χ0v) is 16.1. The van der Waals surface area contributed by atoms with Gasteiger partial charge in [0.15, 0.2) is 0 Å². The molecule has 1 aromatic heterocycles. The zero-order chi connectivity index (χ0) is 20.6. The average Bonchev–Trinajstić information content (AvgIpc) is 3.22.